The number of hydrogen-bond donors (Lipinski definition) is 3. The maximum atomic E-state index is 11.7. The number of anilines is 1. The highest BCUT2D eigenvalue weighted by Crippen LogP contribution is 2.30. The molecule has 8 heteroatoms. The zero-order valence-electron chi connectivity index (χ0n) is 17.5. The Morgan fingerprint density at radius 2 is 1.93 bits per heavy atom. The second-order valence-corrected chi connectivity index (χ2v) is 7.12. The quantitative estimate of drug-likeness (QED) is 0.458. The minimum atomic E-state index is 0.0389. The Hall–Kier alpha value is -2.64. The minimum absolute atomic E-state index is 0.0389. The number of amides is 1. The molecule has 28 heavy (non-hydrogen) atoms. The van der Waals surface area contributed by atoms with Gasteiger partial charge in [0, 0.05) is 69.1 Å². The van der Waals surface area contributed by atoms with Crippen LogP contribution in [0.15, 0.2) is 23.2 Å². The number of benzene rings is 1. The highest BCUT2D eigenvalue weighted by atomic mass is 16.5. The molecule has 156 valence electrons. The van der Waals surface area contributed by atoms with Crippen molar-refractivity contribution in [3.05, 3.63) is 18.2 Å². The SMILES string of the molecule is CN=C(NCCC(=O)NC(C)C)NC1CCN(c2cc(OC)cc(OC)c2)C1. The number of carbonyl (C=O) groups excluding carboxylic acids is 1. The molecular formula is C20H33N5O3. The van der Waals surface area contributed by atoms with E-state index in [4.69, 9.17) is 9.47 Å². The Morgan fingerprint density at radius 1 is 1.25 bits per heavy atom. The van der Waals surface area contributed by atoms with Gasteiger partial charge in [-0.3, -0.25) is 9.79 Å². The van der Waals surface area contributed by atoms with Crippen molar-refractivity contribution in [3.63, 3.8) is 0 Å². The number of carbonyl (C=O) groups is 1. The second-order valence-electron chi connectivity index (χ2n) is 7.12. The first-order valence-electron chi connectivity index (χ1n) is 9.69. The fourth-order valence-electron chi connectivity index (χ4n) is 3.16. The normalized spacial score (nSPS) is 16.9. The lowest BCUT2D eigenvalue weighted by molar-refractivity contribution is -0.121. The Balaban J connectivity index is 1.85. The predicted molar refractivity (Wildman–Crippen MR) is 113 cm³/mol. The van der Waals surface area contributed by atoms with E-state index in [1.54, 1.807) is 21.3 Å². The van der Waals surface area contributed by atoms with Crippen molar-refractivity contribution >= 4 is 17.6 Å². The van der Waals surface area contributed by atoms with Gasteiger partial charge in [-0.1, -0.05) is 0 Å². The van der Waals surface area contributed by atoms with Gasteiger partial charge in [-0.15, -0.1) is 0 Å². The van der Waals surface area contributed by atoms with E-state index in [-0.39, 0.29) is 18.0 Å². The minimum Gasteiger partial charge on any atom is -0.497 e. The monoisotopic (exact) mass is 391 g/mol. The van der Waals surface area contributed by atoms with Crippen molar-refractivity contribution < 1.29 is 14.3 Å². The zero-order chi connectivity index (χ0) is 20.5. The summed E-state index contributed by atoms with van der Waals surface area (Å²) in [6, 6.07) is 6.34. The van der Waals surface area contributed by atoms with E-state index in [0.29, 0.717) is 18.9 Å². The van der Waals surface area contributed by atoms with Crippen LogP contribution in [0, 0.1) is 0 Å². The Kier molecular flexibility index (Phi) is 8.22. The van der Waals surface area contributed by atoms with E-state index >= 15 is 0 Å². The molecule has 0 spiro atoms. The lowest BCUT2D eigenvalue weighted by Gasteiger charge is -2.21. The van der Waals surface area contributed by atoms with Crippen LogP contribution in [-0.2, 0) is 4.79 Å². The molecule has 1 amide bonds. The molecule has 0 bridgehead atoms. The van der Waals surface area contributed by atoms with Gasteiger partial charge >= 0.3 is 0 Å². The summed E-state index contributed by atoms with van der Waals surface area (Å²) in [6.07, 6.45) is 1.41. The average Bonchev–Trinajstić information content (AvgIpc) is 3.14. The lowest BCUT2D eigenvalue weighted by atomic mass is 10.2. The van der Waals surface area contributed by atoms with E-state index in [1.165, 1.54) is 0 Å². The standard InChI is InChI=1S/C20H33N5O3/c1-14(2)23-19(26)6-8-22-20(21-3)24-15-7-9-25(13-15)16-10-17(27-4)12-18(11-16)28-5/h10-12,14-15H,6-9,13H2,1-5H3,(H,23,26)(H2,21,22,24). The van der Waals surface area contributed by atoms with Gasteiger partial charge in [0.15, 0.2) is 5.96 Å². The number of nitrogens with zero attached hydrogens (tertiary/aromatic N) is 2. The fraction of sp³-hybridized carbons (Fsp3) is 0.600. The van der Waals surface area contributed by atoms with Crippen LogP contribution in [0.1, 0.15) is 26.7 Å². The van der Waals surface area contributed by atoms with Crippen LogP contribution < -0.4 is 30.3 Å². The summed E-state index contributed by atoms with van der Waals surface area (Å²) in [6.45, 7) is 6.24. The molecule has 0 saturated carbocycles. The Labute approximate surface area is 167 Å². The number of rotatable bonds is 8. The molecule has 1 heterocycles. The number of methoxy groups -OCH3 is 2. The molecule has 1 aliphatic heterocycles. The maximum absolute atomic E-state index is 11.7. The summed E-state index contributed by atoms with van der Waals surface area (Å²) in [4.78, 5) is 18.3. The molecule has 1 saturated heterocycles. The first-order valence-corrected chi connectivity index (χ1v) is 9.69. The number of hydrogen-bond acceptors (Lipinski definition) is 5. The zero-order valence-corrected chi connectivity index (χ0v) is 17.5. The van der Waals surface area contributed by atoms with Crippen LogP contribution >= 0.6 is 0 Å². The molecular weight excluding hydrogens is 358 g/mol. The topological polar surface area (TPSA) is 87.2 Å². The first-order chi connectivity index (χ1) is 13.4. The van der Waals surface area contributed by atoms with Gasteiger partial charge in [-0.25, -0.2) is 0 Å². The number of guanidine groups is 1. The van der Waals surface area contributed by atoms with Crippen LogP contribution in [-0.4, -0.2) is 64.9 Å². The molecule has 3 N–H and O–H groups in total. The van der Waals surface area contributed by atoms with Crippen molar-refractivity contribution in [2.75, 3.05) is 45.8 Å². The van der Waals surface area contributed by atoms with E-state index in [1.807, 2.05) is 32.0 Å². The summed E-state index contributed by atoms with van der Waals surface area (Å²) >= 11 is 0. The average molecular weight is 392 g/mol. The molecule has 1 aliphatic rings. The van der Waals surface area contributed by atoms with Crippen LogP contribution in [0.4, 0.5) is 5.69 Å². The summed E-state index contributed by atoms with van der Waals surface area (Å²) in [5, 5.41) is 9.54. The Bertz CT molecular complexity index is 656. The van der Waals surface area contributed by atoms with Gasteiger partial charge in [0.25, 0.3) is 0 Å². The van der Waals surface area contributed by atoms with E-state index < -0.39 is 0 Å². The second kappa shape index (κ2) is 10.6. The molecule has 1 aromatic carbocycles. The van der Waals surface area contributed by atoms with Gasteiger partial charge in [0.2, 0.25) is 5.91 Å². The molecule has 2 rings (SSSR count). The maximum Gasteiger partial charge on any atom is 0.221 e. The lowest BCUT2D eigenvalue weighted by Crippen LogP contribution is -2.45. The largest absolute Gasteiger partial charge is 0.497 e. The third-order valence-corrected chi connectivity index (χ3v) is 4.55. The van der Waals surface area contributed by atoms with Gasteiger partial charge in [-0.2, -0.15) is 0 Å². The van der Waals surface area contributed by atoms with Crippen LogP contribution in [0.5, 0.6) is 11.5 Å². The van der Waals surface area contributed by atoms with E-state index in [0.717, 1.165) is 36.7 Å². The third kappa shape index (κ3) is 6.51. The number of nitrogens with one attached hydrogen (secondary N) is 3. The number of ether oxygens (including phenoxy) is 2. The van der Waals surface area contributed by atoms with Crippen LogP contribution in [0.2, 0.25) is 0 Å². The van der Waals surface area contributed by atoms with E-state index in [9.17, 15) is 4.79 Å². The van der Waals surface area contributed by atoms with Crippen LogP contribution in [0.25, 0.3) is 0 Å². The summed E-state index contributed by atoms with van der Waals surface area (Å²) in [5.74, 6) is 2.32. The summed E-state index contributed by atoms with van der Waals surface area (Å²) in [5.41, 5.74) is 1.08. The van der Waals surface area contributed by atoms with E-state index in [2.05, 4.69) is 25.8 Å². The predicted octanol–water partition coefficient (Wildman–Crippen LogP) is 1.36. The highest BCUT2D eigenvalue weighted by molar-refractivity contribution is 5.81. The smallest absolute Gasteiger partial charge is 0.221 e. The third-order valence-electron chi connectivity index (χ3n) is 4.55. The van der Waals surface area contributed by atoms with Gasteiger partial charge in [0.1, 0.15) is 11.5 Å². The first kappa shape index (κ1) is 21.7. The molecule has 1 atom stereocenters. The van der Waals surface area contributed by atoms with Crippen LogP contribution in [0.3, 0.4) is 0 Å². The molecule has 1 unspecified atom stereocenters. The molecule has 1 fully saturated rings. The summed E-state index contributed by atoms with van der Waals surface area (Å²) < 4.78 is 10.7. The van der Waals surface area contributed by atoms with Crippen molar-refractivity contribution in [2.24, 2.45) is 4.99 Å². The molecule has 0 aromatic heterocycles. The molecule has 8 nitrogen and oxygen atoms in total. The Morgan fingerprint density at radius 3 is 2.50 bits per heavy atom. The fourth-order valence-corrected chi connectivity index (χ4v) is 3.16. The van der Waals surface area contributed by atoms with Crippen molar-refractivity contribution in [3.8, 4) is 11.5 Å². The number of aliphatic imine (C=N–C) groups is 1. The molecule has 0 aliphatic carbocycles. The molecule has 1 aromatic rings. The van der Waals surface area contributed by atoms with Gasteiger partial charge in [0.05, 0.1) is 14.2 Å². The van der Waals surface area contributed by atoms with Crippen molar-refractivity contribution in [1.82, 2.24) is 16.0 Å². The molecule has 0 radical (unpaired) electrons. The van der Waals surface area contributed by atoms with Gasteiger partial charge < -0.3 is 30.3 Å². The highest BCUT2D eigenvalue weighted by Gasteiger charge is 2.24. The van der Waals surface area contributed by atoms with Crippen molar-refractivity contribution in [2.45, 2.75) is 38.8 Å². The van der Waals surface area contributed by atoms with Crippen molar-refractivity contribution in [1.29, 1.82) is 0 Å². The van der Waals surface area contributed by atoms with Gasteiger partial charge in [-0.05, 0) is 20.3 Å². The summed E-state index contributed by atoms with van der Waals surface area (Å²) in [7, 11) is 5.05.